The summed E-state index contributed by atoms with van der Waals surface area (Å²) in [7, 11) is 1.88. The Labute approximate surface area is 139 Å². The molecule has 0 spiro atoms. The fourth-order valence-corrected chi connectivity index (χ4v) is 4.15. The highest BCUT2D eigenvalue weighted by atomic mass is 35.5. The third kappa shape index (κ3) is 2.11. The number of nitrogens with zero attached hydrogens (tertiary/aromatic N) is 1. The first-order valence-corrected chi connectivity index (χ1v) is 8.02. The first kappa shape index (κ1) is 15.9. The molecule has 2 heterocycles. The number of amides is 1. The zero-order chi connectivity index (χ0) is 16.1. The summed E-state index contributed by atoms with van der Waals surface area (Å²) in [4.78, 5) is 13.5. The van der Waals surface area contributed by atoms with Crippen LogP contribution < -0.4 is 10.6 Å². The Hall–Kier alpha value is -1.01. The first-order chi connectivity index (χ1) is 10.4. The third-order valence-corrected chi connectivity index (χ3v) is 5.73. The SMILES string of the molecule is CNC1C=C(Cl)C(Cl)=C2NC3=C(CN(C(=O)CO)CC3)C21C. The number of carbonyl (C=O) groups excluding carboxylic acids is 1. The number of hydrogen-bond donors (Lipinski definition) is 3. The maximum atomic E-state index is 11.8. The van der Waals surface area contributed by atoms with Gasteiger partial charge in [-0.05, 0) is 25.6 Å². The Bertz CT molecular complexity index is 626. The van der Waals surface area contributed by atoms with Gasteiger partial charge in [-0.3, -0.25) is 4.79 Å². The summed E-state index contributed by atoms with van der Waals surface area (Å²) in [5.74, 6) is -0.246. The molecule has 3 N–H and O–H groups in total. The van der Waals surface area contributed by atoms with Crippen molar-refractivity contribution in [2.75, 3.05) is 26.7 Å². The monoisotopic (exact) mass is 343 g/mol. The van der Waals surface area contributed by atoms with Gasteiger partial charge in [-0.25, -0.2) is 0 Å². The predicted molar refractivity (Wildman–Crippen MR) is 86.2 cm³/mol. The number of nitrogens with one attached hydrogen (secondary N) is 2. The van der Waals surface area contributed by atoms with Gasteiger partial charge >= 0.3 is 0 Å². The van der Waals surface area contributed by atoms with Crippen molar-refractivity contribution in [2.45, 2.75) is 19.4 Å². The third-order valence-electron chi connectivity index (χ3n) is 4.93. The second-order valence-corrected chi connectivity index (χ2v) is 6.76. The van der Waals surface area contributed by atoms with Crippen LogP contribution in [0.25, 0.3) is 0 Å². The molecule has 0 saturated carbocycles. The van der Waals surface area contributed by atoms with E-state index in [1.807, 2.05) is 13.1 Å². The summed E-state index contributed by atoms with van der Waals surface area (Å²) < 4.78 is 0. The molecule has 120 valence electrons. The molecule has 5 nitrogen and oxygen atoms in total. The Morgan fingerprint density at radius 3 is 2.95 bits per heavy atom. The van der Waals surface area contributed by atoms with Gasteiger partial charge < -0.3 is 20.6 Å². The lowest BCUT2D eigenvalue weighted by atomic mass is 9.71. The highest BCUT2D eigenvalue weighted by Crippen LogP contribution is 2.52. The molecule has 2 unspecified atom stereocenters. The van der Waals surface area contributed by atoms with Gasteiger partial charge in [-0.1, -0.05) is 23.2 Å². The molecule has 1 aliphatic carbocycles. The second-order valence-electron chi connectivity index (χ2n) is 5.98. The first-order valence-electron chi connectivity index (χ1n) is 7.26. The minimum absolute atomic E-state index is 0.0123. The molecule has 22 heavy (non-hydrogen) atoms. The molecule has 2 atom stereocenters. The number of fused-ring (bicyclic) bond motifs is 2. The molecule has 3 aliphatic rings. The van der Waals surface area contributed by atoms with Crippen molar-refractivity contribution in [3.05, 3.63) is 33.1 Å². The van der Waals surface area contributed by atoms with E-state index in [2.05, 4.69) is 17.6 Å². The minimum Gasteiger partial charge on any atom is -0.387 e. The van der Waals surface area contributed by atoms with Crippen LogP contribution in [-0.2, 0) is 4.79 Å². The molecule has 1 amide bonds. The van der Waals surface area contributed by atoms with E-state index >= 15 is 0 Å². The average molecular weight is 344 g/mol. The van der Waals surface area contributed by atoms with Gasteiger partial charge in [0.1, 0.15) is 6.61 Å². The smallest absolute Gasteiger partial charge is 0.248 e. The quantitative estimate of drug-likeness (QED) is 0.706. The summed E-state index contributed by atoms with van der Waals surface area (Å²) in [6.45, 7) is 2.73. The summed E-state index contributed by atoms with van der Waals surface area (Å²) in [6, 6.07) is -0.0123. The summed E-state index contributed by atoms with van der Waals surface area (Å²) in [6.07, 6.45) is 2.64. The van der Waals surface area contributed by atoms with E-state index in [1.165, 1.54) is 0 Å². The van der Waals surface area contributed by atoms with Crippen LogP contribution in [0, 0.1) is 5.41 Å². The zero-order valence-corrected chi connectivity index (χ0v) is 14.1. The highest BCUT2D eigenvalue weighted by molar-refractivity contribution is 6.44. The van der Waals surface area contributed by atoms with Crippen molar-refractivity contribution in [1.29, 1.82) is 0 Å². The highest BCUT2D eigenvalue weighted by Gasteiger charge is 2.50. The number of aliphatic hydroxyl groups excluding tert-OH is 1. The molecule has 0 aromatic carbocycles. The number of halogens is 2. The predicted octanol–water partition coefficient (Wildman–Crippen LogP) is 1.25. The summed E-state index contributed by atoms with van der Waals surface area (Å²) in [5.41, 5.74) is 2.77. The van der Waals surface area contributed by atoms with Crippen molar-refractivity contribution in [3.63, 3.8) is 0 Å². The summed E-state index contributed by atoms with van der Waals surface area (Å²) >= 11 is 12.7. The molecule has 0 fully saturated rings. The average Bonchev–Trinajstić information content (AvgIpc) is 2.84. The lowest BCUT2D eigenvalue weighted by Gasteiger charge is -2.41. The normalized spacial score (nSPS) is 30.9. The number of hydrogen-bond acceptors (Lipinski definition) is 4. The topological polar surface area (TPSA) is 64.6 Å². The molecule has 3 rings (SSSR count). The van der Waals surface area contributed by atoms with Gasteiger partial charge in [0, 0.05) is 36.9 Å². The molecule has 0 radical (unpaired) electrons. The van der Waals surface area contributed by atoms with Gasteiger partial charge in [0.25, 0.3) is 0 Å². The Morgan fingerprint density at radius 2 is 2.32 bits per heavy atom. The number of likely N-dealkylation sites (N-methyl/N-ethyl adjacent to an activating group) is 1. The maximum absolute atomic E-state index is 11.8. The Morgan fingerprint density at radius 1 is 1.59 bits per heavy atom. The molecule has 0 aromatic rings. The van der Waals surface area contributed by atoms with Crippen LogP contribution in [0.15, 0.2) is 33.1 Å². The van der Waals surface area contributed by atoms with Crippen molar-refractivity contribution >= 4 is 29.1 Å². The van der Waals surface area contributed by atoms with E-state index in [-0.39, 0.29) is 17.4 Å². The minimum atomic E-state index is -0.461. The molecular weight excluding hydrogens is 325 g/mol. The van der Waals surface area contributed by atoms with Crippen LogP contribution in [0.3, 0.4) is 0 Å². The lowest BCUT2D eigenvalue weighted by molar-refractivity contribution is -0.134. The van der Waals surface area contributed by atoms with Gasteiger partial charge in [0.05, 0.1) is 15.5 Å². The lowest BCUT2D eigenvalue weighted by Crippen LogP contribution is -2.48. The van der Waals surface area contributed by atoms with E-state index in [0.717, 1.165) is 23.4 Å². The fourth-order valence-electron chi connectivity index (χ4n) is 3.63. The Kier molecular flexibility index (Phi) is 4.01. The van der Waals surface area contributed by atoms with Gasteiger partial charge in [-0.15, -0.1) is 0 Å². The van der Waals surface area contributed by atoms with Crippen molar-refractivity contribution in [3.8, 4) is 0 Å². The molecule has 0 saturated heterocycles. The van der Waals surface area contributed by atoms with Crippen molar-refractivity contribution in [1.82, 2.24) is 15.5 Å². The van der Waals surface area contributed by atoms with E-state index in [0.29, 0.717) is 23.2 Å². The molecular formula is C15H19Cl2N3O2. The molecule has 7 heteroatoms. The fraction of sp³-hybridized carbons (Fsp3) is 0.533. The zero-order valence-electron chi connectivity index (χ0n) is 12.5. The van der Waals surface area contributed by atoms with E-state index in [4.69, 9.17) is 28.3 Å². The van der Waals surface area contributed by atoms with Crippen molar-refractivity contribution < 1.29 is 9.90 Å². The summed E-state index contributed by atoms with van der Waals surface area (Å²) in [5, 5.41) is 16.9. The largest absolute Gasteiger partial charge is 0.387 e. The van der Waals surface area contributed by atoms with E-state index < -0.39 is 6.61 Å². The standard InChI is InChI=1S/C15H19Cl2N3O2/c1-15-8-6-20(12(22)7-21)4-3-10(8)19-14(15)13(17)9(16)5-11(15)18-2/h5,11,18-19,21H,3-4,6-7H2,1-2H3. The van der Waals surface area contributed by atoms with Gasteiger partial charge in [0.2, 0.25) is 5.91 Å². The number of rotatable bonds is 2. The Balaban J connectivity index is 2.02. The molecule has 0 aromatic heterocycles. The molecule has 0 bridgehead atoms. The van der Waals surface area contributed by atoms with E-state index in [9.17, 15) is 4.79 Å². The van der Waals surface area contributed by atoms with Crippen LogP contribution in [0.1, 0.15) is 13.3 Å². The van der Waals surface area contributed by atoms with Crippen LogP contribution >= 0.6 is 23.2 Å². The van der Waals surface area contributed by atoms with Gasteiger partial charge in [0.15, 0.2) is 0 Å². The van der Waals surface area contributed by atoms with Crippen molar-refractivity contribution in [2.24, 2.45) is 5.41 Å². The van der Waals surface area contributed by atoms with Crippen LogP contribution in [0.4, 0.5) is 0 Å². The number of aliphatic hydroxyl groups is 1. The number of allylic oxidation sites excluding steroid dienone is 2. The second kappa shape index (κ2) is 5.57. The van der Waals surface area contributed by atoms with Crippen LogP contribution in [0.5, 0.6) is 0 Å². The van der Waals surface area contributed by atoms with Crippen LogP contribution in [-0.4, -0.2) is 48.7 Å². The van der Waals surface area contributed by atoms with E-state index in [1.54, 1.807) is 4.90 Å². The number of carbonyl (C=O) groups is 1. The maximum Gasteiger partial charge on any atom is 0.248 e. The van der Waals surface area contributed by atoms with Gasteiger partial charge in [-0.2, -0.15) is 0 Å². The molecule has 2 aliphatic heterocycles. The van der Waals surface area contributed by atoms with Crippen LogP contribution in [0.2, 0.25) is 0 Å².